The van der Waals surface area contributed by atoms with Crippen LogP contribution in [0.4, 0.5) is 11.5 Å². The van der Waals surface area contributed by atoms with Crippen LogP contribution in [-0.4, -0.2) is 64.4 Å². The summed E-state index contributed by atoms with van der Waals surface area (Å²) in [6.45, 7) is 1.88. The number of nitrogens with one attached hydrogen (secondary N) is 2. The van der Waals surface area contributed by atoms with E-state index in [-0.39, 0.29) is 18.1 Å². The molecular weight excluding hydrogens is 464 g/mol. The van der Waals surface area contributed by atoms with Crippen LogP contribution in [0.3, 0.4) is 0 Å². The number of hydrogen-bond acceptors (Lipinski definition) is 7. The molecule has 0 radical (unpaired) electrons. The van der Waals surface area contributed by atoms with Crippen molar-refractivity contribution in [2.24, 2.45) is 4.99 Å². The normalized spacial score (nSPS) is 21.2. The van der Waals surface area contributed by atoms with Gasteiger partial charge in [0.15, 0.2) is 0 Å². The minimum Gasteiger partial charge on any atom is -0.495 e. The molecule has 3 aromatic rings. The highest BCUT2D eigenvalue weighted by Gasteiger charge is 2.42. The van der Waals surface area contributed by atoms with Crippen molar-refractivity contribution in [2.75, 3.05) is 25.6 Å². The maximum absolute atomic E-state index is 13.2. The number of amides is 1. The number of aromatic amines is 1. The maximum Gasteiger partial charge on any atom is 0.271 e. The number of anilines is 2. The van der Waals surface area contributed by atoms with E-state index in [0.29, 0.717) is 52.5 Å². The predicted octanol–water partition coefficient (Wildman–Crippen LogP) is 3.02. The van der Waals surface area contributed by atoms with Crippen LogP contribution in [0.15, 0.2) is 27.9 Å². The lowest BCUT2D eigenvalue weighted by Gasteiger charge is -2.26. The molecular formula is C21H19BrN6O3. The standard InChI is InChI=1S/C21H19BrN6O3/c1-30-15-3-11-6-23-5-10(11)2-14(15)26-19-16-17(22)18(27-20(16)25-9-24-19)21(29)28-7-13-4-12(28)8-31-13/h2-3,5,9,12-13H,4,6-8H2,1H3,(H2,24,25,26,27)/t12-,13-/m1/s1. The second-order valence-corrected chi connectivity index (χ2v) is 8.70. The Hall–Kier alpha value is -2.98. The monoisotopic (exact) mass is 482 g/mol. The highest BCUT2D eigenvalue weighted by molar-refractivity contribution is 9.10. The molecule has 0 saturated carbocycles. The number of morpholine rings is 1. The molecule has 3 aliphatic rings. The first-order valence-electron chi connectivity index (χ1n) is 10.0. The molecule has 6 rings (SSSR count). The van der Waals surface area contributed by atoms with Gasteiger partial charge in [-0.2, -0.15) is 0 Å². The largest absolute Gasteiger partial charge is 0.495 e. The third kappa shape index (κ3) is 2.93. The third-order valence-electron chi connectivity index (χ3n) is 6.11. The first-order valence-corrected chi connectivity index (χ1v) is 10.8. The molecule has 3 aliphatic heterocycles. The van der Waals surface area contributed by atoms with Crippen molar-refractivity contribution in [1.29, 1.82) is 0 Å². The molecule has 0 aliphatic carbocycles. The van der Waals surface area contributed by atoms with E-state index < -0.39 is 0 Å². The lowest BCUT2D eigenvalue weighted by atomic mass is 10.1. The van der Waals surface area contributed by atoms with Crippen LogP contribution in [0.2, 0.25) is 0 Å². The van der Waals surface area contributed by atoms with Crippen LogP contribution >= 0.6 is 15.9 Å². The van der Waals surface area contributed by atoms with Crippen molar-refractivity contribution in [1.82, 2.24) is 19.9 Å². The molecule has 1 amide bonds. The average molecular weight is 483 g/mol. The second-order valence-electron chi connectivity index (χ2n) is 7.91. The van der Waals surface area contributed by atoms with Gasteiger partial charge >= 0.3 is 0 Å². The van der Waals surface area contributed by atoms with E-state index in [1.165, 1.54) is 6.33 Å². The summed E-state index contributed by atoms with van der Waals surface area (Å²) in [6.07, 6.45) is 4.36. The van der Waals surface area contributed by atoms with Crippen molar-refractivity contribution in [3.8, 4) is 5.75 Å². The second kappa shape index (κ2) is 7.03. The number of fused-ring (bicyclic) bond motifs is 4. The fourth-order valence-corrected chi connectivity index (χ4v) is 5.20. The number of rotatable bonds is 4. The van der Waals surface area contributed by atoms with Crippen molar-refractivity contribution in [2.45, 2.75) is 25.1 Å². The third-order valence-corrected chi connectivity index (χ3v) is 6.90. The highest BCUT2D eigenvalue weighted by atomic mass is 79.9. The van der Waals surface area contributed by atoms with Gasteiger partial charge in [-0.05, 0) is 45.6 Å². The molecule has 0 unspecified atom stereocenters. The molecule has 2 aromatic heterocycles. The van der Waals surface area contributed by atoms with E-state index in [9.17, 15) is 4.79 Å². The van der Waals surface area contributed by atoms with Crippen LogP contribution in [0, 0.1) is 0 Å². The number of H-pyrrole nitrogens is 1. The smallest absolute Gasteiger partial charge is 0.271 e. The summed E-state index contributed by atoms with van der Waals surface area (Å²) in [7, 11) is 1.63. The first-order chi connectivity index (χ1) is 15.1. The first kappa shape index (κ1) is 18.8. The van der Waals surface area contributed by atoms with Crippen LogP contribution in [-0.2, 0) is 11.3 Å². The van der Waals surface area contributed by atoms with Gasteiger partial charge in [-0.1, -0.05) is 0 Å². The number of methoxy groups -OCH3 is 1. The van der Waals surface area contributed by atoms with Crippen LogP contribution in [0.5, 0.6) is 5.75 Å². The van der Waals surface area contributed by atoms with Crippen LogP contribution in [0.1, 0.15) is 28.0 Å². The molecule has 10 heteroatoms. The van der Waals surface area contributed by atoms with Gasteiger partial charge in [0.05, 0.1) is 48.0 Å². The van der Waals surface area contributed by atoms with E-state index >= 15 is 0 Å². The van der Waals surface area contributed by atoms with Crippen molar-refractivity contribution in [3.63, 3.8) is 0 Å². The molecule has 0 spiro atoms. The van der Waals surface area contributed by atoms with Crippen molar-refractivity contribution < 1.29 is 14.3 Å². The SMILES string of the molecule is COc1cc2c(cc1Nc1ncnc3[nH]c(C(=O)N4C[C@H]5C[C@@H]4CO5)c(Br)c13)C=NC2. The number of likely N-dealkylation sites (tertiary alicyclic amines) is 1. The number of carbonyl (C=O) groups is 1. The van der Waals surface area contributed by atoms with Gasteiger partial charge in [0.1, 0.15) is 29.2 Å². The Morgan fingerprint density at radius 2 is 2.29 bits per heavy atom. The number of carbonyl (C=O) groups excluding carboxylic acids is 1. The Morgan fingerprint density at radius 1 is 1.39 bits per heavy atom. The number of halogens is 1. The fourth-order valence-electron chi connectivity index (χ4n) is 4.55. The lowest BCUT2D eigenvalue weighted by Crippen LogP contribution is -2.41. The van der Waals surface area contributed by atoms with Gasteiger partial charge in [-0.3, -0.25) is 9.79 Å². The van der Waals surface area contributed by atoms with Crippen LogP contribution < -0.4 is 10.1 Å². The minimum absolute atomic E-state index is 0.0575. The van der Waals surface area contributed by atoms with E-state index in [0.717, 1.165) is 23.2 Å². The average Bonchev–Trinajstić information content (AvgIpc) is 3.56. The summed E-state index contributed by atoms with van der Waals surface area (Å²) in [5.74, 6) is 1.22. The molecule has 2 bridgehead atoms. The quantitative estimate of drug-likeness (QED) is 0.592. The van der Waals surface area contributed by atoms with Gasteiger partial charge in [-0.15, -0.1) is 0 Å². The number of ether oxygens (including phenoxy) is 2. The minimum atomic E-state index is -0.0575. The van der Waals surface area contributed by atoms with E-state index in [4.69, 9.17) is 9.47 Å². The van der Waals surface area contributed by atoms with Gasteiger partial charge in [0, 0.05) is 12.8 Å². The molecule has 2 saturated heterocycles. The Labute approximate surface area is 186 Å². The number of aliphatic imine (C=N–C) groups is 1. The summed E-state index contributed by atoms with van der Waals surface area (Å²) in [5, 5.41) is 4.06. The van der Waals surface area contributed by atoms with Crippen molar-refractivity contribution in [3.05, 3.63) is 39.8 Å². The number of hydrogen-bond donors (Lipinski definition) is 2. The summed E-state index contributed by atoms with van der Waals surface area (Å²) >= 11 is 3.62. The maximum atomic E-state index is 13.2. The Kier molecular flexibility index (Phi) is 4.25. The summed E-state index contributed by atoms with van der Waals surface area (Å²) < 4.78 is 11.8. The predicted molar refractivity (Wildman–Crippen MR) is 118 cm³/mol. The Bertz CT molecular complexity index is 1260. The molecule has 9 nitrogen and oxygen atoms in total. The number of nitrogens with zero attached hydrogens (tertiary/aromatic N) is 4. The van der Waals surface area contributed by atoms with Crippen molar-refractivity contribution >= 4 is 50.6 Å². The highest BCUT2D eigenvalue weighted by Crippen LogP contribution is 2.38. The molecule has 1 aromatic carbocycles. The zero-order chi connectivity index (χ0) is 21.1. The summed E-state index contributed by atoms with van der Waals surface area (Å²) in [5.41, 5.74) is 3.98. The molecule has 2 N–H and O–H groups in total. The number of benzene rings is 1. The molecule has 2 fully saturated rings. The molecule has 31 heavy (non-hydrogen) atoms. The Balaban J connectivity index is 1.39. The fraction of sp³-hybridized carbons (Fsp3) is 0.333. The Morgan fingerprint density at radius 3 is 3.06 bits per heavy atom. The molecule has 2 atom stereocenters. The van der Waals surface area contributed by atoms with Gasteiger partial charge < -0.3 is 24.7 Å². The zero-order valence-electron chi connectivity index (χ0n) is 16.7. The summed E-state index contributed by atoms with van der Waals surface area (Å²) in [6, 6.07) is 4.11. The summed E-state index contributed by atoms with van der Waals surface area (Å²) in [4.78, 5) is 31.4. The topological polar surface area (TPSA) is 105 Å². The van der Waals surface area contributed by atoms with Crippen LogP contribution in [0.25, 0.3) is 11.0 Å². The number of aromatic nitrogens is 3. The molecule has 5 heterocycles. The lowest BCUT2D eigenvalue weighted by molar-refractivity contribution is 0.0255. The van der Waals surface area contributed by atoms with Gasteiger partial charge in [-0.25, -0.2) is 9.97 Å². The van der Waals surface area contributed by atoms with Gasteiger partial charge in [0.25, 0.3) is 5.91 Å². The van der Waals surface area contributed by atoms with E-state index in [2.05, 4.69) is 41.2 Å². The van der Waals surface area contributed by atoms with E-state index in [1.807, 2.05) is 23.2 Å². The van der Waals surface area contributed by atoms with Gasteiger partial charge in [0.2, 0.25) is 0 Å². The van der Waals surface area contributed by atoms with E-state index in [1.54, 1.807) is 7.11 Å². The zero-order valence-corrected chi connectivity index (χ0v) is 18.3. The molecule has 158 valence electrons.